The summed E-state index contributed by atoms with van der Waals surface area (Å²) in [6.45, 7) is 16.1. The number of fused-ring (bicyclic) bond motifs is 7. The molecule has 0 heterocycles. The van der Waals surface area contributed by atoms with E-state index in [9.17, 15) is 19.2 Å². The summed E-state index contributed by atoms with van der Waals surface area (Å²) < 4.78 is 16.2. The highest BCUT2D eigenvalue weighted by Crippen LogP contribution is 2.75. The minimum atomic E-state index is -0.544. The van der Waals surface area contributed by atoms with Crippen LogP contribution < -0.4 is 0 Å². The fourth-order valence-electron chi connectivity index (χ4n) is 11.3. The molecule has 240 valence electrons. The molecule has 43 heavy (non-hydrogen) atoms. The minimum absolute atomic E-state index is 0.0112. The van der Waals surface area contributed by atoms with Gasteiger partial charge in [0.25, 0.3) is 0 Å². The Kier molecular flexibility index (Phi) is 7.82. The highest BCUT2D eigenvalue weighted by atomic mass is 16.5. The van der Waals surface area contributed by atoms with Gasteiger partial charge in [-0.05, 0) is 97.4 Å². The van der Waals surface area contributed by atoms with Gasteiger partial charge >= 0.3 is 17.9 Å². The lowest BCUT2D eigenvalue weighted by atomic mass is 9.33. The maximum absolute atomic E-state index is 14.6. The van der Waals surface area contributed by atoms with Crippen molar-refractivity contribution >= 4 is 23.7 Å². The van der Waals surface area contributed by atoms with E-state index in [-0.39, 0.29) is 81.5 Å². The van der Waals surface area contributed by atoms with Crippen molar-refractivity contribution in [2.45, 2.75) is 125 Å². The van der Waals surface area contributed by atoms with Crippen LogP contribution in [0, 0.1) is 50.2 Å². The number of carbonyl (C=O) groups excluding carboxylic acids is 4. The lowest BCUT2D eigenvalue weighted by Crippen LogP contribution is -2.67. The van der Waals surface area contributed by atoms with Crippen LogP contribution in [0.4, 0.5) is 0 Å². The summed E-state index contributed by atoms with van der Waals surface area (Å²) in [6.07, 6.45) is 9.53. The third kappa shape index (κ3) is 4.64. The van der Waals surface area contributed by atoms with Crippen molar-refractivity contribution in [3.05, 3.63) is 11.6 Å². The lowest BCUT2D eigenvalue weighted by molar-refractivity contribution is -0.212. The van der Waals surface area contributed by atoms with E-state index in [2.05, 4.69) is 53.2 Å². The van der Waals surface area contributed by atoms with E-state index in [0.717, 1.165) is 51.4 Å². The van der Waals surface area contributed by atoms with Gasteiger partial charge in [-0.3, -0.25) is 19.2 Å². The van der Waals surface area contributed by atoms with Gasteiger partial charge in [-0.1, -0.05) is 54.0 Å². The molecule has 4 saturated carbocycles. The fraction of sp³-hybridized carbons (Fsp3) is 0.833. The second kappa shape index (κ2) is 10.4. The second-order valence-electron chi connectivity index (χ2n) is 16.8. The molecule has 8 atom stereocenters. The van der Waals surface area contributed by atoms with E-state index in [1.807, 2.05) is 6.08 Å². The van der Waals surface area contributed by atoms with Crippen LogP contribution in [0.25, 0.3) is 0 Å². The second-order valence-corrected chi connectivity index (χ2v) is 16.8. The number of allylic oxidation sites excluding steroid dienone is 2. The number of esters is 3. The molecule has 5 aliphatic carbocycles. The maximum Gasteiger partial charge on any atom is 0.312 e. The van der Waals surface area contributed by atoms with E-state index < -0.39 is 11.4 Å². The molecule has 0 aromatic rings. The zero-order valence-corrected chi connectivity index (χ0v) is 28.0. The van der Waals surface area contributed by atoms with E-state index in [4.69, 9.17) is 9.47 Å². The Balaban J connectivity index is 1.48. The first-order valence-corrected chi connectivity index (χ1v) is 16.5. The SMILES string of the molecule is COC(=O)CCC(=O)O[C@H]1CC[C@]2(C)[C@H]3C(=O)C=C4[C@@H]5CC(C)(C)CC[C@]5(C(=O)OC)CC[C@@]4(C)[C@]3(C)CC[C@H]2C1(C)C. The summed E-state index contributed by atoms with van der Waals surface area (Å²) in [4.78, 5) is 52.4. The molecular weight excluding hydrogens is 544 g/mol. The number of hydrogen-bond acceptors (Lipinski definition) is 7. The number of hydrogen-bond donors (Lipinski definition) is 0. The summed E-state index contributed by atoms with van der Waals surface area (Å²) in [5, 5.41) is 0. The van der Waals surface area contributed by atoms with Crippen LogP contribution in [0.2, 0.25) is 0 Å². The van der Waals surface area contributed by atoms with Gasteiger partial charge < -0.3 is 14.2 Å². The van der Waals surface area contributed by atoms with Gasteiger partial charge in [-0.15, -0.1) is 0 Å². The van der Waals surface area contributed by atoms with Crippen LogP contribution in [0.15, 0.2) is 11.6 Å². The first-order chi connectivity index (χ1) is 19.9. The molecule has 0 aromatic carbocycles. The van der Waals surface area contributed by atoms with Crippen LogP contribution in [-0.2, 0) is 33.4 Å². The molecule has 7 heteroatoms. The van der Waals surface area contributed by atoms with Gasteiger partial charge in [-0.25, -0.2) is 0 Å². The Morgan fingerprint density at radius 2 is 1.47 bits per heavy atom. The van der Waals surface area contributed by atoms with Gasteiger partial charge in [0.1, 0.15) is 6.10 Å². The molecular formula is C36H54O7. The van der Waals surface area contributed by atoms with E-state index in [1.165, 1.54) is 19.8 Å². The Labute approximate surface area is 258 Å². The predicted octanol–water partition coefficient (Wildman–Crippen LogP) is 7.01. The first-order valence-electron chi connectivity index (χ1n) is 16.5. The molecule has 0 unspecified atom stereocenters. The van der Waals surface area contributed by atoms with Gasteiger partial charge in [0.2, 0.25) is 0 Å². The average molecular weight is 599 g/mol. The molecule has 0 bridgehead atoms. The van der Waals surface area contributed by atoms with Crippen molar-refractivity contribution in [2.75, 3.05) is 14.2 Å². The lowest BCUT2D eigenvalue weighted by Gasteiger charge is -2.70. The zero-order chi connectivity index (χ0) is 31.8. The number of ketones is 1. The Hall–Kier alpha value is -2.18. The van der Waals surface area contributed by atoms with Gasteiger partial charge in [0, 0.05) is 11.3 Å². The van der Waals surface area contributed by atoms with E-state index in [0.29, 0.717) is 6.42 Å². The predicted molar refractivity (Wildman–Crippen MR) is 163 cm³/mol. The maximum atomic E-state index is 14.6. The number of carbonyl (C=O) groups is 4. The Morgan fingerprint density at radius 1 is 0.814 bits per heavy atom. The van der Waals surface area contributed by atoms with Crippen LogP contribution in [0.5, 0.6) is 0 Å². The van der Waals surface area contributed by atoms with Crippen LogP contribution in [0.3, 0.4) is 0 Å². The minimum Gasteiger partial charge on any atom is -0.469 e. The molecule has 5 rings (SSSR count). The third-order valence-electron chi connectivity index (χ3n) is 13.9. The van der Waals surface area contributed by atoms with Crippen molar-refractivity contribution in [1.29, 1.82) is 0 Å². The number of ether oxygens (including phenoxy) is 3. The van der Waals surface area contributed by atoms with Crippen molar-refractivity contribution in [3.8, 4) is 0 Å². The average Bonchev–Trinajstić information content (AvgIpc) is 2.93. The molecule has 0 amide bonds. The van der Waals surface area contributed by atoms with Crippen LogP contribution in [-0.4, -0.2) is 44.0 Å². The van der Waals surface area contributed by atoms with E-state index in [1.54, 1.807) is 0 Å². The first kappa shape index (κ1) is 32.2. The Bertz CT molecular complexity index is 1230. The molecule has 0 spiro atoms. The third-order valence-corrected chi connectivity index (χ3v) is 13.9. The molecule has 7 nitrogen and oxygen atoms in total. The normalized spacial score (nSPS) is 42.6. The van der Waals surface area contributed by atoms with Crippen molar-refractivity contribution in [2.24, 2.45) is 50.2 Å². The van der Waals surface area contributed by atoms with E-state index >= 15 is 0 Å². The smallest absolute Gasteiger partial charge is 0.312 e. The summed E-state index contributed by atoms with van der Waals surface area (Å²) in [5.41, 5.74) is -0.216. The van der Waals surface area contributed by atoms with Gasteiger partial charge in [0.15, 0.2) is 5.78 Å². The molecule has 5 aliphatic rings. The highest BCUT2D eigenvalue weighted by Gasteiger charge is 2.71. The topological polar surface area (TPSA) is 96.0 Å². The Morgan fingerprint density at radius 3 is 2.12 bits per heavy atom. The molecule has 0 N–H and O–H groups in total. The fourth-order valence-corrected chi connectivity index (χ4v) is 11.3. The largest absolute Gasteiger partial charge is 0.469 e. The van der Waals surface area contributed by atoms with Crippen LogP contribution in [0.1, 0.15) is 119 Å². The van der Waals surface area contributed by atoms with Crippen molar-refractivity contribution < 1.29 is 33.4 Å². The molecule has 0 aliphatic heterocycles. The summed E-state index contributed by atoms with van der Waals surface area (Å²) >= 11 is 0. The summed E-state index contributed by atoms with van der Waals surface area (Å²) in [7, 11) is 2.83. The quantitative estimate of drug-likeness (QED) is 0.248. The monoisotopic (exact) mass is 598 g/mol. The molecule has 0 radical (unpaired) electrons. The van der Waals surface area contributed by atoms with Gasteiger partial charge in [0.05, 0.1) is 32.5 Å². The highest BCUT2D eigenvalue weighted by molar-refractivity contribution is 5.96. The van der Waals surface area contributed by atoms with Crippen LogP contribution >= 0.6 is 0 Å². The number of methoxy groups -OCH3 is 2. The number of rotatable bonds is 5. The summed E-state index contributed by atoms with van der Waals surface area (Å²) in [6, 6.07) is 0. The standard InChI is InChI=1S/C36H54O7/c1-31(2)16-18-36(30(40)42-9)19-17-34(6)22(23(36)21-31)20-24(37)29-33(5)14-13-26(43-28(39)11-10-27(38)41-8)32(3,4)25(33)12-15-35(29,34)7/h20,23,25-26,29H,10-19,21H2,1-9H3/t23-,25-,26-,29+,33-,34+,35+,36-/m0/s1. The van der Waals surface area contributed by atoms with Gasteiger partial charge in [-0.2, -0.15) is 0 Å². The van der Waals surface area contributed by atoms with Crippen molar-refractivity contribution in [3.63, 3.8) is 0 Å². The zero-order valence-electron chi connectivity index (χ0n) is 28.0. The molecule has 0 aromatic heterocycles. The molecule has 4 fully saturated rings. The molecule has 0 saturated heterocycles. The van der Waals surface area contributed by atoms with Crippen molar-refractivity contribution in [1.82, 2.24) is 0 Å². The summed E-state index contributed by atoms with van der Waals surface area (Å²) in [5.74, 6) is -0.578.